The minimum Gasteiger partial charge on any atom is -0.817 e. The van der Waals surface area contributed by atoms with Crippen LogP contribution in [0.5, 0.6) is 0 Å². The van der Waals surface area contributed by atoms with E-state index in [-0.39, 0.29) is 0 Å². The molecule has 3 nitrogen and oxygen atoms in total. The van der Waals surface area contributed by atoms with E-state index in [0.717, 1.165) is 17.5 Å². The highest BCUT2D eigenvalue weighted by Gasteiger charge is 1.99. The summed E-state index contributed by atoms with van der Waals surface area (Å²) in [6, 6.07) is 5.55. The maximum absolute atomic E-state index is 10.9. The Morgan fingerprint density at radius 2 is 2.07 bits per heavy atom. The zero-order valence-corrected chi connectivity index (χ0v) is 9.82. The lowest BCUT2D eigenvalue weighted by Gasteiger charge is -2.37. The van der Waals surface area contributed by atoms with Gasteiger partial charge in [-0.1, -0.05) is 24.6 Å². The molecule has 1 aromatic carbocycles. The molecule has 1 N–H and O–H groups in total. The van der Waals surface area contributed by atoms with E-state index in [1.54, 1.807) is 6.07 Å². The first-order chi connectivity index (χ1) is 6.42. The molecule has 0 saturated heterocycles. The number of hydrogen-bond acceptors (Lipinski definition) is 3. The minimum absolute atomic E-state index is 0.589. The van der Waals surface area contributed by atoms with E-state index < -0.39 is 6.64 Å². The molecule has 0 fully saturated rings. The van der Waals surface area contributed by atoms with Gasteiger partial charge in [-0.25, -0.2) is 0 Å². The maximum atomic E-state index is 10.9. The van der Waals surface area contributed by atoms with Crippen molar-refractivity contribution in [3.8, 4) is 0 Å². The molecule has 14 heavy (non-hydrogen) atoms. The second-order valence-corrected chi connectivity index (χ2v) is 5.78. The predicted molar refractivity (Wildman–Crippen MR) is 58.5 cm³/mol. The quantitative estimate of drug-likeness (QED) is 0.783. The molecule has 0 heterocycles. The minimum atomic E-state index is -3.86. The fraction of sp³-hybridized carbons (Fsp3) is 0.333. The summed E-state index contributed by atoms with van der Waals surface area (Å²) >= 11 is 4.30. The average molecular weight is 229 g/mol. The van der Waals surface area contributed by atoms with Gasteiger partial charge < -0.3 is 14.9 Å². The van der Waals surface area contributed by atoms with E-state index in [0.29, 0.717) is 5.69 Å². The molecule has 0 bridgehead atoms. The summed E-state index contributed by atoms with van der Waals surface area (Å²) in [4.78, 5) is 21.8. The molecule has 0 aliphatic carbocycles. The molecule has 0 aromatic heterocycles. The summed E-state index contributed by atoms with van der Waals surface area (Å²) in [5.41, 5.74) is 2.66. The molecule has 0 aliphatic heterocycles. The molecule has 78 valence electrons. The fourth-order valence-corrected chi connectivity index (χ4v) is 2.08. The second kappa shape index (κ2) is 4.41. The van der Waals surface area contributed by atoms with Crippen LogP contribution in [-0.4, -0.2) is 0 Å². The lowest BCUT2D eigenvalue weighted by Crippen LogP contribution is -2.20. The third-order valence-electron chi connectivity index (χ3n) is 1.90. The van der Waals surface area contributed by atoms with E-state index >= 15 is 0 Å². The van der Waals surface area contributed by atoms with Gasteiger partial charge in [0, 0.05) is 5.69 Å². The van der Waals surface area contributed by atoms with E-state index in [1.807, 2.05) is 26.0 Å². The van der Waals surface area contributed by atoms with Crippen LogP contribution in [0.1, 0.15) is 18.1 Å². The van der Waals surface area contributed by atoms with Crippen molar-refractivity contribution in [2.45, 2.75) is 20.3 Å². The molecule has 0 atom stereocenters. The zero-order valence-electron chi connectivity index (χ0n) is 8.11. The summed E-state index contributed by atoms with van der Waals surface area (Å²) < 4.78 is 0. The van der Waals surface area contributed by atoms with Gasteiger partial charge in [0.15, 0.2) is 0 Å². The zero-order chi connectivity index (χ0) is 10.8. The van der Waals surface area contributed by atoms with Crippen LogP contribution in [0.4, 0.5) is 5.69 Å². The third-order valence-corrected chi connectivity index (χ3v) is 2.69. The van der Waals surface area contributed by atoms with Crippen molar-refractivity contribution >= 4 is 24.1 Å². The van der Waals surface area contributed by atoms with E-state index in [4.69, 9.17) is 0 Å². The van der Waals surface area contributed by atoms with Gasteiger partial charge in [-0.2, -0.15) is 0 Å². The summed E-state index contributed by atoms with van der Waals surface area (Å²) in [6.07, 6.45) is 0.777. The first kappa shape index (κ1) is 11.7. The van der Waals surface area contributed by atoms with E-state index in [9.17, 15) is 9.79 Å². The Labute approximate surface area is 89.0 Å². The van der Waals surface area contributed by atoms with Crippen LogP contribution in [0.2, 0.25) is 0 Å². The van der Waals surface area contributed by atoms with Crippen molar-refractivity contribution in [2.75, 3.05) is 5.09 Å². The smallest absolute Gasteiger partial charge is 0.0391 e. The van der Waals surface area contributed by atoms with Gasteiger partial charge in [-0.05, 0) is 25.0 Å². The van der Waals surface area contributed by atoms with Crippen molar-refractivity contribution in [3.05, 3.63) is 29.3 Å². The van der Waals surface area contributed by atoms with Crippen LogP contribution in [0.3, 0.4) is 0 Å². The molecule has 0 saturated carbocycles. The predicted octanol–water partition coefficient (Wildman–Crippen LogP) is 0.914. The highest BCUT2D eigenvalue weighted by molar-refractivity contribution is 8.08. The Kier molecular flexibility index (Phi) is 3.67. The van der Waals surface area contributed by atoms with Gasteiger partial charge >= 0.3 is 0 Å². The Balaban J connectivity index is 3.03. The molecule has 0 spiro atoms. The maximum Gasteiger partial charge on any atom is 0.0391 e. The monoisotopic (exact) mass is 229 g/mol. The molecule has 1 aromatic rings. The highest BCUT2D eigenvalue weighted by atomic mass is 32.5. The van der Waals surface area contributed by atoms with Gasteiger partial charge in [0.25, 0.3) is 0 Å². The van der Waals surface area contributed by atoms with Crippen LogP contribution in [0.25, 0.3) is 0 Å². The second-order valence-electron chi connectivity index (χ2n) is 3.12. The van der Waals surface area contributed by atoms with Crippen LogP contribution < -0.4 is 14.9 Å². The normalized spacial score (nSPS) is 11.4. The van der Waals surface area contributed by atoms with Gasteiger partial charge in [-0.15, -0.1) is 18.4 Å². The Morgan fingerprint density at radius 1 is 1.43 bits per heavy atom. The summed E-state index contributed by atoms with van der Waals surface area (Å²) in [7, 11) is 0. The number of anilines is 1. The molecule has 5 heteroatoms. The fourth-order valence-electron chi connectivity index (χ4n) is 1.27. The first-order valence-electron chi connectivity index (χ1n) is 4.32. The lowest BCUT2D eigenvalue weighted by atomic mass is 10.1. The third kappa shape index (κ3) is 3.39. The van der Waals surface area contributed by atoms with Gasteiger partial charge in [0.05, 0.1) is 0 Å². The molecule has 0 aliphatic rings. The lowest BCUT2D eigenvalue weighted by molar-refractivity contribution is -0.292. The van der Waals surface area contributed by atoms with E-state index in [2.05, 4.69) is 16.9 Å². The average Bonchev–Trinajstić information content (AvgIpc) is 2.06. The molecular weight excluding hydrogens is 217 g/mol. The van der Waals surface area contributed by atoms with Gasteiger partial charge in [-0.3, -0.25) is 0 Å². The Bertz CT molecular complexity index is 375. The highest BCUT2D eigenvalue weighted by Crippen LogP contribution is 2.29. The standard InChI is InChI=1S/C9H14NO2PS/c1-3-8-6-7(2)4-5-9(8)10-13(11,12)14/h4-6H,3H2,1-2H3,(H3,10,11,12,14)/p-2. The van der Waals surface area contributed by atoms with Gasteiger partial charge in [0.1, 0.15) is 0 Å². The SMILES string of the molecule is CCc1cc(C)ccc1NP([O-])([O-])=S. The number of rotatable bonds is 3. The van der Waals surface area contributed by atoms with Crippen molar-refractivity contribution in [1.82, 2.24) is 0 Å². The topological polar surface area (TPSA) is 58.1 Å². The summed E-state index contributed by atoms with van der Waals surface area (Å²) in [6.45, 7) is 0.0775. The molecular formula is C9H12NO2PS-2. The van der Waals surface area contributed by atoms with Crippen molar-refractivity contribution in [1.29, 1.82) is 0 Å². The molecule has 1 rings (SSSR count). The van der Waals surface area contributed by atoms with Crippen molar-refractivity contribution in [3.63, 3.8) is 0 Å². The van der Waals surface area contributed by atoms with E-state index in [1.165, 1.54) is 0 Å². The molecule has 0 radical (unpaired) electrons. The van der Waals surface area contributed by atoms with Crippen LogP contribution in [0.15, 0.2) is 18.2 Å². The van der Waals surface area contributed by atoms with Crippen molar-refractivity contribution < 1.29 is 9.79 Å². The first-order valence-corrected chi connectivity index (χ1v) is 6.96. The molecule has 0 amide bonds. The summed E-state index contributed by atoms with van der Waals surface area (Å²) in [5.74, 6) is 0. The Hall–Kier alpha value is -0.410. The van der Waals surface area contributed by atoms with Crippen LogP contribution in [-0.2, 0) is 18.2 Å². The van der Waals surface area contributed by atoms with Gasteiger partial charge in [0.2, 0.25) is 0 Å². The summed E-state index contributed by atoms with van der Waals surface area (Å²) in [5, 5.41) is 2.34. The van der Waals surface area contributed by atoms with Crippen molar-refractivity contribution in [2.24, 2.45) is 0 Å². The number of hydrogen-bond donors (Lipinski definition) is 1. The van der Waals surface area contributed by atoms with Crippen LogP contribution >= 0.6 is 6.64 Å². The number of aryl methyl sites for hydroxylation is 2. The molecule has 0 unspecified atom stereocenters. The Morgan fingerprint density at radius 3 is 2.57 bits per heavy atom. The largest absolute Gasteiger partial charge is 0.817 e. The number of benzene rings is 1. The number of nitrogens with one attached hydrogen (secondary N) is 1. The van der Waals surface area contributed by atoms with Crippen LogP contribution in [0, 0.1) is 6.92 Å².